The third kappa shape index (κ3) is 1.69. The summed E-state index contributed by atoms with van der Waals surface area (Å²) in [7, 11) is 0. The van der Waals surface area contributed by atoms with Crippen LogP contribution in [0.25, 0.3) is 0 Å². The van der Waals surface area contributed by atoms with Crippen LogP contribution in [0.15, 0.2) is 0 Å². The second kappa shape index (κ2) is 3.27. The lowest BCUT2D eigenvalue weighted by Crippen LogP contribution is -2.40. The number of carboxylic acid groups (broad SMARTS) is 1. The monoisotopic (exact) mass is 185 g/mol. The zero-order chi connectivity index (χ0) is 9.42. The number of aliphatic hydroxyl groups is 1. The number of hydrogen-bond donors (Lipinski definition) is 3. The molecule has 0 aromatic carbocycles. The summed E-state index contributed by atoms with van der Waals surface area (Å²) in [6.45, 7) is 0. The van der Waals surface area contributed by atoms with E-state index >= 15 is 0 Å². The van der Waals surface area contributed by atoms with Crippen molar-refractivity contribution >= 4 is 5.97 Å². The van der Waals surface area contributed by atoms with Crippen LogP contribution in [0.3, 0.4) is 0 Å². The Kier molecular flexibility index (Phi) is 2.26. The van der Waals surface area contributed by atoms with Crippen molar-refractivity contribution < 1.29 is 15.0 Å². The molecule has 4 nitrogen and oxygen atoms in total. The summed E-state index contributed by atoms with van der Waals surface area (Å²) in [5.74, 6) is -0.298. The minimum Gasteiger partial charge on any atom is -0.480 e. The van der Waals surface area contributed by atoms with Crippen LogP contribution in [-0.4, -0.2) is 34.4 Å². The van der Waals surface area contributed by atoms with Gasteiger partial charge in [-0.3, -0.25) is 4.79 Å². The van der Waals surface area contributed by atoms with Gasteiger partial charge < -0.3 is 15.5 Å². The van der Waals surface area contributed by atoms with Crippen molar-refractivity contribution in [3.8, 4) is 0 Å². The van der Waals surface area contributed by atoms with Crippen LogP contribution in [0.1, 0.15) is 25.7 Å². The molecule has 13 heavy (non-hydrogen) atoms. The van der Waals surface area contributed by atoms with Crippen LogP contribution in [0.2, 0.25) is 0 Å². The van der Waals surface area contributed by atoms with E-state index in [1.807, 2.05) is 0 Å². The molecule has 0 radical (unpaired) electrons. The number of rotatable bonds is 1. The highest BCUT2D eigenvalue weighted by Gasteiger charge is 2.40. The number of carboxylic acids is 1. The molecule has 0 spiro atoms. The lowest BCUT2D eigenvalue weighted by atomic mass is 9.83. The van der Waals surface area contributed by atoms with Crippen LogP contribution < -0.4 is 5.32 Å². The fourth-order valence-electron chi connectivity index (χ4n) is 2.50. The molecule has 1 aliphatic heterocycles. The molecule has 2 rings (SSSR count). The molecule has 3 N–H and O–H groups in total. The Morgan fingerprint density at radius 1 is 1.31 bits per heavy atom. The van der Waals surface area contributed by atoms with Gasteiger partial charge in [-0.1, -0.05) is 0 Å². The molecule has 4 unspecified atom stereocenters. The van der Waals surface area contributed by atoms with Crippen LogP contribution in [0.5, 0.6) is 0 Å². The highest BCUT2D eigenvalue weighted by atomic mass is 16.4. The van der Waals surface area contributed by atoms with Gasteiger partial charge in [0, 0.05) is 6.04 Å². The number of hydrogen-bond acceptors (Lipinski definition) is 3. The molecule has 1 heterocycles. The molecule has 4 atom stereocenters. The maximum absolute atomic E-state index is 10.7. The van der Waals surface area contributed by atoms with E-state index in [2.05, 4.69) is 5.32 Å². The molecule has 1 saturated carbocycles. The van der Waals surface area contributed by atoms with E-state index < -0.39 is 5.97 Å². The Labute approximate surface area is 76.9 Å². The predicted molar refractivity (Wildman–Crippen MR) is 46.3 cm³/mol. The molecule has 0 aromatic rings. The summed E-state index contributed by atoms with van der Waals surface area (Å²) >= 11 is 0. The van der Waals surface area contributed by atoms with Gasteiger partial charge in [0.1, 0.15) is 6.04 Å². The van der Waals surface area contributed by atoms with Crippen LogP contribution in [0, 0.1) is 5.92 Å². The van der Waals surface area contributed by atoms with Gasteiger partial charge >= 0.3 is 5.97 Å². The van der Waals surface area contributed by atoms with E-state index in [1.54, 1.807) is 0 Å². The van der Waals surface area contributed by atoms with E-state index in [-0.39, 0.29) is 18.2 Å². The van der Waals surface area contributed by atoms with Crippen molar-refractivity contribution in [2.24, 2.45) is 5.92 Å². The molecule has 0 bridgehead atoms. The molecule has 1 aliphatic carbocycles. The van der Waals surface area contributed by atoms with Crippen molar-refractivity contribution in [3.05, 3.63) is 0 Å². The Hall–Kier alpha value is -0.610. The summed E-state index contributed by atoms with van der Waals surface area (Å²) in [5.41, 5.74) is 0. The first kappa shape index (κ1) is 8.97. The molecule has 0 aromatic heterocycles. The average molecular weight is 185 g/mol. The highest BCUT2D eigenvalue weighted by molar-refractivity contribution is 5.74. The van der Waals surface area contributed by atoms with Gasteiger partial charge in [-0.25, -0.2) is 0 Å². The van der Waals surface area contributed by atoms with E-state index in [4.69, 9.17) is 5.11 Å². The second-order valence-corrected chi connectivity index (χ2v) is 4.13. The van der Waals surface area contributed by atoms with Gasteiger partial charge in [0.2, 0.25) is 0 Å². The minimum absolute atomic E-state index is 0.227. The van der Waals surface area contributed by atoms with E-state index in [0.29, 0.717) is 12.3 Å². The Balaban J connectivity index is 1.98. The van der Waals surface area contributed by atoms with Crippen LogP contribution in [0.4, 0.5) is 0 Å². The van der Waals surface area contributed by atoms with Crippen molar-refractivity contribution in [1.82, 2.24) is 5.32 Å². The zero-order valence-electron chi connectivity index (χ0n) is 7.44. The smallest absolute Gasteiger partial charge is 0.320 e. The molecule has 1 saturated heterocycles. The Bertz CT molecular complexity index is 219. The lowest BCUT2D eigenvalue weighted by molar-refractivity contribution is -0.139. The number of aliphatic carboxylic acids is 1. The minimum atomic E-state index is -0.760. The average Bonchev–Trinajstić information content (AvgIpc) is 2.46. The first-order valence-corrected chi connectivity index (χ1v) is 4.83. The maximum atomic E-state index is 10.7. The maximum Gasteiger partial charge on any atom is 0.320 e. The fourth-order valence-corrected chi connectivity index (χ4v) is 2.50. The Morgan fingerprint density at radius 3 is 2.77 bits per heavy atom. The molecular weight excluding hydrogens is 170 g/mol. The van der Waals surface area contributed by atoms with Crippen molar-refractivity contribution in [3.63, 3.8) is 0 Å². The van der Waals surface area contributed by atoms with Gasteiger partial charge in [0.15, 0.2) is 0 Å². The van der Waals surface area contributed by atoms with Gasteiger partial charge in [-0.2, -0.15) is 0 Å². The predicted octanol–water partition coefficient (Wildman–Crippen LogP) is -0.0375. The molecule has 4 heteroatoms. The summed E-state index contributed by atoms with van der Waals surface area (Å²) in [6, 6.07) is -0.162. The van der Waals surface area contributed by atoms with E-state index in [9.17, 15) is 9.90 Å². The van der Waals surface area contributed by atoms with Gasteiger partial charge in [-0.05, 0) is 31.6 Å². The SMILES string of the molecule is O=C(O)C1CC2CCC(O)CC2N1. The van der Waals surface area contributed by atoms with Gasteiger partial charge in [0.05, 0.1) is 6.10 Å². The largest absolute Gasteiger partial charge is 0.480 e. The van der Waals surface area contributed by atoms with Crippen molar-refractivity contribution in [1.29, 1.82) is 0 Å². The van der Waals surface area contributed by atoms with E-state index in [1.165, 1.54) is 0 Å². The highest BCUT2D eigenvalue weighted by Crippen LogP contribution is 2.33. The first-order chi connectivity index (χ1) is 6.16. The molecule has 0 amide bonds. The zero-order valence-corrected chi connectivity index (χ0v) is 7.44. The normalized spacial score (nSPS) is 44.4. The van der Waals surface area contributed by atoms with Gasteiger partial charge in [-0.15, -0.1) is 0 Å². The van der Waals surface area contributed by atoms with Gasteiger partial charge in [0.25, 0.3) is 0 Å². The summed E-state index contributed by atoms with van der Waals surface area (Å²) in [4.78, 5) is 10.7. The standard InChI is InChI=1S/C9H15NO3/c11-6-2-1-5-3-8(9(12)13)10-7(5)4-6/h5-8,10-11H,1-4H2,(H,12,13). The quantitative estimate of drug-likeness (QED) is 0.536. The lowest BCUT2D eigenvalue weighted by Gasteiger charge is -2.28. The third-order valence-electron chi connectivity index (χ3n) is 3.22. The molecular formula is C9H15NO3. The third-order valence-corrected chi connectivity index (χ3v) is 3.22. The number of carbonyl (C=O) groups is 1. The second-order valence-electron chi connectivity index (χ2n) is 4.13. The first-order valence-electron chi connectivity index (χ1n) is 4.83. The Morgan fingerprint density at radius 2 is 2.08 bits per heavy atom. The number of aliphatic hydroxyl groups excluding tert-OH is 1. The van der Waals surface area contributed by atoms with E-state index in [0.717, 1.165) is 19.3 Å². The van der Waals surface area contributed by atoms with Crippen LogP contribution >= 0.6 is 0 Å². The molecule has 74 valence electrons. The summed E-state index contributed by atoms with van der Waals surface area (Å²) < 4.78 is 0. The van der Waals surface area contributed by atoms with Crippen molar-refractivity contribution in [2.75, 3.05) is 0 Å². The number of nitrogens with one attached hydrogen (secondary N) is 1. The van der Waals surface area contributed by atoms with Crippen molar-refractivity contribution in [2.45, 2.75) is 43.9 Å². The summed E-state index contributed by atoms with van der Waals surface area (Å²) in [6.07, 6.45) is 3.00. The summed E-state index contributed by atoms with van der Waals surface area (Å²) in [5, 5.41) is 21.3. The topological polar surface area (TPSA) is 69.6 Å². The fraction of sp³-hybridized carbons (Fsp3) is 0.889. The molecule has 2 aliphatic rings. The molecule has 2 fully saturated rings. The van der Waals surface area contributed by atoms with Crippen LogP contribution in [-0.2, 0) is 4.79 Å². The number of fused-ring (bicyclic) bond motifs is 1.